The average molecular weight is 359 g/mol. The lowest BCUT2D eigenvalue weighted by atomic mass is 10.1. The van der Waals surface area contributed by atoms with Gasteiger partial charge in [0.25, 0.3) is 0 Å². The lowest BCUT2D eigenvalue weighted by Gasteiger charge is -2.15. The first-order valence-electron chi connectivity index (χ1n) is 6.55. The minimum atomic E-state index is -0.828. The SMILES string of the molecule is COc1ccc(Br)cc1NC(=O)NC(C)CCCC(=O)O. The van der Waals surface area contributed by atoms with Gasteiger partial charge in [0.2, 0.25) is 0 Å². The second-order valence-electron chi connectivity index (χ2n) is 4.63. The number of amides is 2. The number of hydrogen-bond donors (Lipinski definition) is 3. The minimum Gasteiger partial charge on any atom is -0.495 e. The smallest absolute Gasteiger partial charge is 0.319 e. The molecule has 0 spiro atoms. The quantitative estimate of drug-likeness (QED) is 0.698. The number of aliphatic carboxylic acids is 1. The van der Waals surface area contributed by atoms with Crippen molar-refractivity contribution >= 4 is 33.6 Å². The number of halogens is 1. The van der Waals surface area contributed by atoms with E-state index in [4.69, 9.17) is 9.84 Å². The van der Waals surface area contributed by atoms with Gasteiger partial charge in [0, 0.05) is 16.9 Å². The Balaban J connectivity index is 2.49. The van der Waals surface area contributed by atoms with Crippen LogP contribution in [0.4, 0.5) is 10.5 Å². The lowest BCUT2D eigenvalue weighted by Crippen LogP contribution is -2.36. The third-order valence-electron chi connectivity index (χ3n) is 2.81. The van der Waals surface area contributed by atoms with Gasteiger partial charge >= 0.3 is 12.0 Å². The molecule has 3 N–H and O–H groups in total. The first kappa shape index (κ1) is 17.3. The molecule has 0 saturated heterocycles. The number of benzene rings is 1. The number of carbonyl (C=O) groups is 2. The number of ether oxygens (including phenoxy) is 1. The molecule has 7 heteroatoms. The molecule has 6 nitrogen and oxygen atoms in total. The summed E-state index contributed by atoms with van der Waals surface area (Å²) in [7, 11) is 1.53. The van der Waals surface area contributed by atoms with E-state index in [0.717, 1.165) is 4.47 Å². The summed E-state index contributed by atoms with van der Waals surface area (Å²) in [5.74, 6) is -0.266. The molecule has 1 atom stereocenters. The van der Waals surface area contributed by atoms with Crippen LogP contribution in [0.1, 0.15) is 26.2 Å². The van der Waals surface area contributed by atoms with E-state index < -0.39 is 5.97 Å². The average Bonchev–Trinajstić information content (AvgIpc) is 2.38. The highest BCUT2D eigenvalue weighted by molar-refractivity contribution is 9.10. The molecule has 0 radical (unpaired) electrons. The maximum atomic E-state index is 11.9. The zero-order valence-electron chi connectivity index (χ0n) is 12.0. The molecule has 0 aliphatic heterocycles. The molecule has 0 saturated carbocycles. The number of nitrogens with one attached hydrogen (secondary N) is 2. The third-order valence-corrected chi connectivity index (χ3v) is 3.31. The van der Waals surface area contributed by atoms with Crippen LogP contribution in [0, 0.1) is 0 Å². The van der Waals surface area contributed by atoms with Crippen LogP contribution in [0.2, 0.25) is 0 Å². The highest BCUT2D eigenvalue weighted by Crippen LogP contribution is 2.27. The lowest BCUT2D eigenvalue weighted by molar-refractivity contribution is -0.137. The number of carboxylic acid groups (broad SMARTS) is 1. The van der Waals surface area contributed by atoms with E-state index in [9.17, 15) is 9.59 Å². The van der Waals surface area contributed by atoms with Crippen molar-refractivity contribution in [1.82, 2.24) is 5.32 Å². The Morgan fingerprint density at radius 1 is 1.43 bits per heavy atom. The van der Waals surface area contributed by atoms with Crippen molar-refractivity contribution in [2.75, 3.05) is 12.4 Å². The Morgan fingerprint density at radius 2 is 2.14 bits per heavy atom. The third kappa shape index (κ3) is 6.48. The van der Waals surface area contributed by atoms with E-state index in [2.05, 4.69) is 26.6 Å². The molecule has 0 aliphatic rings. The van der Waals surface area contributed by atoms with Gasteiger partial charge in [-0.2, -0.15) is 0 Å². The van der Waals surface area contributed by atoms with E-state index in [1.807, 2.05) is 13.0 Å². The molecule has 0 bridgehead atoms. The van der Waals surface area contributed by atoms with Crippen molar-refractivity contribution < 1.29 is 19.4 Å². The predicted molar refractivity (Wildman–Crippen MR) is 83.8 cm³/mol. The highest BCUT2D eigenvalue weighted by atomic mass is 79.9. The van der Waals surface area contributed by atoms with Gasteiger partial charge in [0.15, 0.2) is 0 Å². The van der Waals surface area contributed by atoms with Gasteiger partial charge in [0.1, 0.15) is 5.75 Å². The van der Waals surface area contributed by atoms with Gasteiger partial charge in [-0.05, 0) is 38.0 Å². The molecule has 116 valence electrons. The van der Waals surface area contributed by atoms with Gasteiger partial charge < -0.3 is 20.5 Å². The zero-order valence-corrected chi connectivity index (χ0v) is 13.6. The van der Waals surface area contributed by atoms with Gasteiger partial charge in [-0.25, -0.2) is 4.79 Å². The molecule has 0 aromatic heterocycles. The fourth-order valence-electron chi connectivity index (χ4n) is 1.79. The van der Waals surface area contributed by atoms with E-state index >= 15 is 0 Å². The maximum Gasteiger partial charge on any atom is 0.319 e. The molecule has 1 aromatic rings. The number of carboxylic acids is 1. The van der Waals surface area contributed by atoms with Crippen molar-refractivity contribution in [3.63, 3.8) is 0 Å². The van der Waals surface area contributed by atoms with Gasteiger partial charge in [-0.3, -0.25) is 4.79 Å². The summed E-state index contributed by atoms with van der Waals surface area (Å²) >= 11 is 3.33. The van der Waals surface area contributed by atoms with Crippen LogP contribution in [-0.4, -0.2) is 30.3 Å². The first-order valence-corrected chi connectivity index (χ1v) is 7.34. The fraction of sp³-hybridized carbons (Fsp3) is 0.429. The summed E-state index contributed by atoms with van der Waals surface area (Å²) in [4.78, 5) is 22.3. The van der Waals surface area contributed by atoms with Crippen LogP contribution in [0.25, 0.3) is 0 Å². The Morgan fingerprint density at radius 3 is 2.76 bits per heavy atom. The standard InChI is InChI=1S/C14H19BrN2O4/c1-9(4-3-5-13(18)19)16-14(20)17-11-8-10(15)6-7-12(11)21-2/h6-9H,3-5H2,1-2H3,(H,18,19)(H2,16,17,20). The van der Waals surface area contributed by atoms with Crippen molar-refractivity contribution in [2.24, 2.45) is 0 Å². The minimum absolute atomic E-state index is 0.104. The summed E-state index contributed by atoms with van der Waals surface area (Å²) in [6, 6.07) is 4.84. The fourth-order valence-corrected chi connectivity index (χ4v) is 2.15. The van der Waals surface area contributed by atoms with Crippen LogP contribution in [0.3, 0.4) is 0 Å². The predicted octanol–water partition coefficient (Wildman–Crippen LogP) is 3.22. The molecule has 1 rings (SSSR count). The molecular weight excluding hydrogens is 340 g/mol. The van der Waals surface area contributed by atoms with Crippen LogP contribution < -0.4 is 15.4 Å². The van der Waals surface area contributed by atoms with Gasteiger partial charge in [0.05, 0.1) is 12.8 Å². The zero-order chi connectivity index (χ0) is 15.8. The number of hydrogen-bond acceptors (Lipinski definition) is 3. The molecular formula is C14H19BrN2O4. The van der Waals surface area contributed by atoms with Crippen LogP contribution in [-0.2, 0) is 4.79 Å². The second-order valence-corrected chi connectivity index (χ2v) is 5.55. The number of carbonyl (C=O) groups excluding carboxylic acids is 1. The number of methoxy groups -OCH3 is 1. The van der Waals surface area contributed by atoms with E-state index in [-0.39, 0.29) is 18.5 Å². The van der Waals surface area contributed by atoms with Crippen molar-refractivity contribution in [1.29, 1.82) is 0 Å². The van der Waals surface area contributed by atoms with Crippen molar-refractivity contribution in [3.05, 3.63) is 22.7 Å². The van der Waals surface area contributed by atoms with Crippen LogP contribution in [0.15, 0.2) is 22.7 Å². The Bertz CT molecular complexity index is 508. The Labute approximate surface area is 132 Å². The van der Waals surface area contributed by atoms with Gasteiger partial charge in [-0.15, -0.1) is 0 Å². The topological polar surface area (TPSA) is 87.7 Å². The summed E-state index contributed by atoms with van der Waals surface area (Å²) in [5.41, 5.74) is 0.558. The molecule has 1 unspecified atom stereocenters. The summed E-state index contributed by atoms with van der Waals surface area (Å²) in [5, 5.41) is 14.0. The van der Waals surface area contributed by atoms with Crippen LogP contribution >= 0.6 is 15.9 Å². The molecule has 1 aromatic carbocycles. The number of anilines is 1. The molecule has 0 aliphatic carbocycles. The van der Waals surface area contributed by atoms with Crippen molar-refractivity contribution in [3.8, 4) is 5.75 Å². The molecule has 2 amide bonds. The van der Waals surface area contributed by atoms with E-state index in [1.54, 1.807) is 12.1 Å². The maximum absolute atomic E-state index is 11.9. The Kier molecular flexibility index (Phi) is 7.01. The summed E-state index contributed by atoms with van der Waals surface area (Å²) < 4.78 is 6.00. The van der Waals surface area contributed by atoms with E-state index in [1.165, 1.54) is 7.11 Å². The second kappa shape index (κ2) is 8.51. The summed E-state index contributed by atoms with van der Waals surface area (Å²) in [6.07, 6.45) is 1.24. The largest absolute Gasteiger partial charge is 0.495 e. The molecule has 0 heterocycles. The number of urea groups is 1. The molecule has 21 heavy (non-hydrogen) atoms. The Hall–Kier alpha value is -1.76. The summed E-state index contributed by atoms with van der Waals surface area (Å²) in [6.45, 7) is 1.83. The monoisotopic (exact) mass is 358 g/mol. The number of rotatable bonds is 7. The van der Waals surface area contributed by atoms with Crippen LogP contribution in [0.5, 0.6) is 5.75 Å². The normalized spacial score (nSPS) is 11.6. The van der Waals surface area contributed by atoms with Crippen molar-refractivity contribution in [2.45, 2.75) is 32.2 Å². The highest BCUT2D eigenvalue weighted by Gasteiger charge is 2.11. The van der Waals surface area contributed by atoms with Gasteiger partial charge in [-0.1, -0.05) is 15.9 Å². The first-order chi connectivity index (χ1) is 9.92. The molecule has 0 fully saturated rings. The van der Waals surface area contributed by atoms with E-state index in [0.29, 0.717) is 24.3 Å².